The van der Waals surface area contributed by atoms with Gasteiger partial charge in [-0.1, -0.05) is 35.9 Å². The molecule has 0 aliphatic rings. The summed E-state index contributed by atoms with van der Waals surface area (Å²) in [4.78, 5) is 37.6. The predicted molar refractivity (Wildman–Crippen MR) is 102 cm³/mol. The fourth-order valence-corrected chi connectivity index (χ4v) is 2.54. The van der Waals surface area contributed by atoms with Crippen molar-refractivity contribution in [2.45, 2.75) is 13.5 Å². The Hall–Kier alpha value is -2.93. The van der Waals surface area contributed by atoms with Crippen molar-refractivity contribution in [1.82, 2.24) is 10.2 Å². The number of carbonyl (C=O) groups excluding carboxylic acids is 3. The van der Waals surface area contributed by atoms with Crippen LogP contribution in [-0.4, -0.2) is 42.4 Å². The van der Waals surface area contributed by atoms with Gasteiger partial charge in [-0.05, 0) is 36.8 Å². The number of rotatable bonds is 8. The first-order valence-electron chi connectivity index (χ1n) is 8.61. The third-order valence-corrected chi connectivity index (χ3v) is 4.22. The third-order valence-electron chi connectivity index (χ3n) is 3.89. The van der Waals surface area contributed by atoms with Crippen molar-refractivity contribution in [2.75, 3.05) is 19.7 Å². The number of hydrogen-bond acceptors (Lipinski definition) is 4. The molecule has 8 heteroatoms. The maximum Gasteiger partial charge on any atom is 0.340 e. The fourth-order valence-electron chi connectivity index (χ4n) is 2.33. The Morgan fingerprint density at radius 1 is 1.11 bits per heavy atom. The van der Waals surface area contributed by atoms with Crippen LogP contribution in [0.4, 0.5) is 4.39 Å². The van der Waals surface area contributed by atoms with E-state index < -0.39 is 18.5 Å². The van der Waals surface area contributed by atoms with Crippen LogP contribution in [0.25, 0.3) is 0 Å². The molecule has 2 amide bonds. The Bertz CT molecular complexity index is 842. The van der Waals surface area contributed by atoms with Crippen LogP contribution in [0.1, 0.15) is 22.8 Å². The summed E-state index contributed by atoms with van der Waals surface area (Å²) in [6.45, 7) is 1.52. The number of carbonyl (C=O) groups is 3. The Kier molecular flexibility index (Phi) is 7.95. The van der Waals surface area contributed by atoms with Crippen molar-refractivity contribution in [3.8, 4) is 0 Å². The molecule has 148 valence electrons. The van der Waals surface area contributed by atoms with Crippen molar-refractivity contribution in [1.29, 1.82) is 0 Å². The van der Waals surface area contributed by atoms with Crippen LogP contribution in [0.15, 0.2) is 48.5 Å². The minimum atomic E-state index is -0.712. The number of amides is 2. The van der Waals surface area contributed by atoms with E-state index in [1.165, 1.54) is 23.1 Å². The number of nitrogens with zero attached hydrogens (tertiary/aromatic N) is 1. The van der Waals surface area contributed by atoms with E-state index in [9.17, 15) is 18.8 Å². The Balaban J connectivity index is 1.81. The predicted octanol–water partition coefficient (Wildman–Crippen LogP) is 2.80. The molecule has 2 aromatic rings. The molecule has 0 aliphatic carbocycles. The maximum atomic E-state index is 12.9. The lowest BCUT2D eigenvalue weighted by molar-refractivity contribution is -0.138. The van der Waals surface area contributed by atoms with Crippen LogP contribution >= 0.6 is 11.6 Å². The number of ether oxygens (including phenoxy) is 1. The Morgan fingerprint density at radius 2 is 1.79 bits per heavy atom. The molecule has 0 aromatic heterocycles. The van der Waals surface area contributed by atoms with Gasteiger partial charge in [0.25, 0.3) is 5.91 Å². The SMILES string of the molecule is CCN(CC(=O)NCc1ccc(F)cc1)C(=O)COC(=O)c1ccccc1Cl. The van der Waals surface area contributed by atoms with Gasteiger partial charge in [0, 0.05) is 13.1 Å². The van der Waals surface area contributed by atoms with Crippen molar-refractivity contribution in [3.05, 3.63) is 70.5 Å². The monoisotopic (exact) mass is 406 g/mol. The van der Waals surface area contributed by atoms with Gasteiger partial charge in [-0.25, -0.2) is 9.18 Å². The molecule has 0 saturated heterocycles. The zero-order valence-corrected chi connectivity index (χ0v) is 16.0. The minimum absolute atomic E-state index is 0.164. The van der Waals surface area contributed by atoms with Crippen LogP contribution in [0.3, 0.4) is 0 Å². The van der Waals surface area contributed by atoms with Gasteiger partial charge in [-0.2, -0.15) is 0 Å². The topological polar surface area (TPSA) is 75.7 Å². The summed E-state index contributed by atoms with van der Waals surface area (Å²) in [6, 6.07) is 12.1. The van der Waals surface area contributed by atoms with Gasteiger partial charge >= 0.3 is 5.97 Å². The van der Waals surface area contributed by atoms with Crippen LogP contribution in [-0.2, 0) is 20.9 Å². The highest BCUT2D eigenvalue weighted by molar-refractivity contribution is 6.33. The smallest absolute Gasteiger partial charge is 0.340 e. The van der Waals surface area contributed by atoms with Crippen LogP contribution in [0.5, 0.6) is 0 Å². The highest BCUT2D eigenvalue weighted by Gasteiger charge is 2.18. The molecule has 0 spiro atoms. The molecule has 0 atom stereocenters. The van der Waals surface area contributed by atoms with Crippen molar-refractivity contribution >= 4 is 29.4 Å². The molecule has 2 aromatic carbocycles. The number of nitrogens with one attached hydrogen (secondary N) is 1. The van der Waals surface area contributed by atoms with Crippen LogP contribution < -0.4 is 5.32 Å². The van der Waals surface area contributed by atoms with E-state index in [1.807, 2.05) is 0 Å². The zero-order valence-electron chi connectivity index (χ0n) is 15.3. The first-order chi connectivity index (χ1) is 13.4. The summed E-state index contributed by atoms with van der Waals surface area (Å²) < 4.78 is 17.9. The van der Waals surface area contributed by atoms with Crippen molar-refractivity contribution in [3.63, 3.8) is 0 Å². The van der Waals surface area contributed by atoms with E-state index in [1.54, 1.807) is 37.3 Å². The minimum Gasteiger partial charge on any atom is -0.452 e. The molecular weight excluding hydrogens is 387 g/mol. The standard InChI is InChI=1S/C20H20ClFN2O4/c1-2-24(12-18(25)23-11-14-7-9-15(22)10-8-14)19(26)13-28-20(27)16-5-3-4-6-17(16)21/h3-10H,2,11-13H2,1H3,(H,23,25). The number of esters is 1. The van der Waals surface area contributed by atoms with Gasteiger partial charge in [-0.3, -0.25) is 9.59 Å². The van der Waals surface area contributed by atoms with Crippen molar-refractivity contribution < 1.29 is 23.5 Å². The Morgan fingerprint density at radius 3 is 2.43 bits per heavy atom. The van der Waals surface area contributed by atoms with Gasteiger partial charge in [0.15, 0.2) is 6.61 Å². The first-order valence-corrected chi connectivity index (χ1v) is 8.99. The van der Waals surface area contributed by atoms with E-state index in [-0.39, 0.29) is 41.9 Å². The fraction of sp³-hybridized carbons (Fsp3) is 0.250. The van der Waals surface area contributed by atoms with Gasteiger partial charge in [-0.15, -0.1) is 0 Å². The quantitative estimate of drug-likeness (QED) is 0.684. The molecule has 0 bridgehead atoms. The van der Waals surface area contributed by atoms with Gasteiger partial charge in [0.2, 0.25) is 5.91 Å². The van der Waals surface area contributed by atoms with Gasteiger partial charge < -0.3 is 15.0 Å². The lowest BCUT2D eigenvalue weighted by atomic mass is 10.2. The normalized spacial score (nSPS) is 10.2. The number of halogens is 2. The molecular formula is C20H20ClFN2O4. The van der Waals surface area contributed by atoms with Gasteiger partial charge in [0.1, 0.15) is 5.82 Å². The summed E-state index contributed by atoms with van der Waals surface area (Å²) >= 11 is 5.92. The van der Waals surface area contributed by atoms with E-state index in [0.717, 1.165) is 5.56 Å². The lowest BCUT2D eigenvalue weighted by Crippen LogP contribution is -2.42. The number of likely N-dealkylation sites (N-methyl/N-ethyl adjacent to an activating group) is 1. The molecule has 0 fully saturated rings. The molecule has 0 unspecified atom stereocenters. The molecule has 28 heavy (non-hydrogen) atoms. The van der Waals surface area contributed by atoms with E-state index in [2.05, 4.69) is 5.32 Å². The number of benzene rings is 2. The first kappa shape index (κ1) is 21.4. The molecule has 6 nitrogen and oxygen atoms in total. The summed E-state index contributed by atoms with van der Waals surface area (Å²) in [5.41, 5.74) is 0.898. The molecule has 2 rings (SSSR count). The lowest BCUT2D eigenvalue weighted by Gasteiger charge is -2.20. The third kappa shape index (κ3) is 6.35. The maximum absolute atomic E-state index is 12.9. The van der Waals surface area contributed by atoms with Crippen LogP contribution in [0, 0.1) is 5.82 Å². The average molecular weight is 407 g/mol. The van der Waals surface area contributed by atoms with E-state index in [4.69, 9.17) is 16.3 Å². The molecule has 0 saturated carbocycles. The number of hydrogen-bond donors (Lipinski definition) is 1. The molecule has 0 radical (unpaired) electrons. The molecule has 1 N–H and O–H groups in total. The molecule has 0 heterocycles. The average Bonchev–Trinajstić information content (AvgIpc) is 2.69. The largest absolute Gasteiger partial charge is 0.452 e. The summed E-state index contributed by atoms with van der Waals surface area (Å²) in [5.74, 6) is -1.95. The van der Waals surface area contributed by atoms with Crippen LogP contribution in [0.2, 0.25) is 5.02 Å². The Labute approximate surface area is 167 Å². The second-order valence-electron chi connectivity index (χ2n) is 5.87. The van der Waals surface area contributed by atoms with E-state index in [0.29, 0.717) is 0 Å². The van der Waals surface area contributed by atoms with Crippen molar-refractivity contribution in [2.24, 2.45) is 0 Å². The highest BCUT2D eigenvalue weighted by atomic mass is 35.5. The highest BCUT2D eigenvalue weighted by Crippen LogP contribution is 2.15. The van der Waals surface area contributed by atoms with Gasteiger partial charge in [0.05, 0.1) is 17.1 Å². The zero-order chi connectivity index (χ0) is 20.5. The molecule has 0 aliphatic heterocycles. The summed E-state index contributed by atoms with van der Waals surface area (Å²) in [5, 5.41) is 2.88. The summed E-state index contributed by atoms with van der Waals surface area (Å²) in [7, 11) is 0. The van der Waals surface area contributed by atoms with E-state index >= 15 is 0 Å². The second kappa shape index (κ2) is 10.4. The summed E-state index contributed by atoms with van der Waals surface area (Å²) in [6.07, 6.45) is 0. The second-order valence-corrected chi connectivity index (χ2v) is 6.27.